The monoisotopic (exact) mass is 478 g/mol. The predicted octanol–water partition coefficient (Wildman–Crippen LogP) is 5.26. The maximum Gasteiger partial charge on any atom is 0.229 e. The zero-order chi connectivity index (χ0) is 24.0. The average Bonchev–Trinajstić information content (AvgIpc) is 3.45. The second kappa shape index (κ2) is 11.2. The summed E-state index contributed by atoms with van der Waals surface area (Å²) in [5, 5.41) is 7.07. The zero-order valence-electron chi connectivity index (χ0n) is 20.8. The maximum absolute atomic E-state index is 12.9. The number of carbonyl (C=O) groups excluding carboxylic acids is 1. The summed E-state index contributed by atoms with van der Waals surface area (Å²) in [6.07, 6.45) is 16.4. The van der Waals surface area contributed by atoms with Crippen molar-refractivity contribution in [1.82, 2.24) is 19.9 Å². The molecule has 5 rings (SSSR count). The van der Waals surface area contributed by atoms with E-state index in [1.807, 2.05) is 18.3 Å². The van der Waals surface area contributed by atoms with Gasteiger partial charge in [-0.15, -0.1) is 0 Å². The van der Waals surface area contributed by atoms with Gasteiger partial charge in [0.15, 0.2) is 0 Å². The molecule has 2 N–H and O–H groups in total. The lowest BCUT2D eigenvalue weighted by Crippen LogP contribution is -2.41. The van der Waals surface area contributed by atoms with Crippen LogP contribution < -0.4 is 15.4 Å². The molecule has 0 spiro atoms. The van der Waals surface area contributed by atoms with E-state index in [0.29, 0.717) is 29.7 Å². The Balaban J connectivity index is 1.31. The highest BCUT2D eigenvalue weighted by atomic mass is 16.5. The van der Waals surface area contributed by atoms with Crippen LogP contribution >= 0.6 is 0 Å². The molecule has 0 aromatic carbocycles. The minimum atomic E-state index is 0.260. The summed E-state index contributed by atoms with van der Waals surface area (Å²) < 4.78 is 5.24. The van der Waals surface area contributed by atoms with Gasteiger partial charge in [0.05, 0.1) is 7.11 Å². The summed E-state index contributed by atoms with van der Waals surface area (Å²) in [5.74, 6) is 3.06. The minimum absolute atomic E-state index is 0.260. The highest BCUT2D eigenvalue weighted by Crippen LogP contribution is 2.35. The highest BCUT2D eigenvalue weighted by molar-refractivity contribution is 5.79. The Bertz CT molecular complexity index is 995. The molecule has 3 heterocycles. The Morgan fingerprint density at radius 3 is 2.49 bits per heavy atom. The number of pyridine rings is 1. The molecule has 3 aliphatic rings. The van der Waals surface area contributed by atoms with Crippen LogP contribution in [0.15, 0.2) is 24.5 Å². The van der Waals surface area contributed by atoms with E-state index in [4.69, 9.17) is 9.72 Å². The maximum atomic E-state index is 12.9. The number of hydrogen-bond acceptors (Lipinski definition) is 7. The van der Waals surface area contributed by atoms with Gasteiger partial charge in [-0.3, -0.25) is 4.79 Å². The Morgan fingerprint density at radius 2 is 1.74 bits per heavy atom. The molecule has 2 aromatic heterocycles. The van der Waals surface area contributed by atoms with E-state index in [2.05, 4.69) is 25.5 Å². The van der Waals surface area contributed by atoms with Gasteiger partial charge in [0.2, 0.25) is 17.7 Å². The number of aromatic nitrogens is 3. The number of methoxy groups -OCH3 is 1. The van der Waals surface area contributed by atoms with E-state index >= 15 is 0 Å². The van der Waals surface area contributed by atoms with Crippen molar-refractivity contribution in [3.63, 3.8) is 0 Å². The van der Waals surface area contributed by atoms with E-state index in [9.17, 15) is 4.79 Å². The second-order valence-corrected chi connectivity index (χ2v) is 10.3. The van der Waals surface area contributed by atoms with Gasteiger partial charge in [-0.05, 0) is 50.5 Å². The molecule has 1 saturated heterocycles. The first-order chi connectivity index (χ1) is 17.2. The predicted molar refractivity (Wildman–Crippen MR) is 137 cm³/mol. The topological polar surface area (TPSA) is 92.3 Å². The summed E-state index contributed by atoms with van der Waals surface area (Å²) >= 11 is 0. The van der Waals surface area contributed by atoms with Gasteiger partial charge in [0, 0.05) is 54.8 Å². The number of carbonyl (C=O) groups is 1. The fourth-order valence-electron chi connectivity index (χ4n) is 5.88. The van der Waals surface area contributed by atoms with Crippen molar-refractivity contribution in [3.05, 3.63) is 30.1 Å². The lowest BCUT2D eigenvalue weighted by atomic mass is 9.89. The van der Waals surface area contributed by atoms with Crippen LogP contribution in [0.2, 0.25) is 0 Å². The molecule has 0 bridgehead atoms. The van der Waals surface area contributed by atoms with Crippen LogP contribution in [0.25, 0.3) is 0 Å². The first-order valence-corrected chi connectivity index (χ1v) is 13.4. The molecule has 0 atom stereocenters. The van der Waals surface area contributed by atoms with Crippen molar-refractivity contribution in [2.24, 2.45) is 5.92 Å². The van der Waals surface area contributed by atoms with E-state index in [-0.39, 0.29) is 5.92 Å². The number of amides is 1. The van der Waals surface area contributed by atoms with Crippen molar-refractivity contribution >= 4 is 23.4 Å². The highest BCUT2D eigenvalue weighted by Gasteiger charge is 2.31. The Kier molecular flexibility index (Phi) is 7.64. The van der Waals surface area contributed by atoms with E-state index in [1.165, 1.54) is 50.5 Å². The molecule has 1 aliphatic heterocycles. The molecule has 2 saturated carbocycles. The molecular weight excluding hydrogens is 440 g/mol. The number of anilines is 3. The van der Waals surface area contributed by atoms with Gasteiger partial charge in [-0.2, -0.15) is 4.98 Å². The van der Waals surface area contributed by atoms with Crippen LogP contribution in [0.3, 0.4) is 0 Å². The summed E-state index contributed by atoms with van der Waals surface area (Å²) in [6, 6.07) is 4.17. The number of rotatable bonds is 7. The number of nitrogens with one attached hydrogen (secondary N) is 2. The van der Waals surface area contributed by atoms with Crippen LogP contribution in [0, 0.1) is 5.92 Å². The van der Waals surface area contributed by atoms with Crippen LogP contribution in [-0.4, -0.2) is 52.0 Å². The molecule has 3 fully saturated rings. The summed E-state index contributed by atoms with van der Waals surface area (Å²) in [7, 11) is 1.61. The molecule has 0 radical (unpaired) electrons. The zero-order valence-corrected chi connectivity index (χ0v) is 20.8. The van der Waals surface area contributed by atoms with E-state index < -0.39 is 0 Å². The molecule has 188 valence electrons. The van der Waals surface area contributed by atoms with Crippen LogP contribution in [0.1, 0.15) is 82.1 Å². The van der Waals surface area contributed by atoms with Gasteiger partial charge in [0.1, 0.15) is 5.82 Å². The third-order valence-electron chi connectivity index (χ3n) is 7.91. The number of ether oxygens (including phenoxy) is 1. The summed E-state index contributed by atoms with van der Waals surface area (Å²) in [4.78, 5) is 28.8. The number of piperidine rings is 1. The second-order valence-electron chi connectivity index (χ2n) is 10.3. The van der Waals surface area contributed by atoms with Crippen molar-refractivity contribution in [2.45, 2.75) is 82.6 Å². The van der Waals surface area contributed by atoms with Crippen LogP contribution in [-0.2, 0) is 4.79 Å². The smallest absolute Gasteiger partial charge is 0.229 e. The summed E-state index contributed by atoms with van der Waals surface area (Å²) in [5.41, 5.74) is 2.02. The number of nitrogens with zero attached hydrogens (tertiary/aromatic N) is 4. The Morgan fingerprint density at radius 1 is 1.00 bits per heavy atom. The molecule has 35 heavy (non-hydrogen) atoms. The van der Waals surface area contributed by atoms with Crippen molar-refractivity contribution in [3.8, 4) is 5.88 Å². The fraction of sp³-hybridized carbons (Fsp3) is 0.630. The van der Waals surface area contributed by atoms with E-state index in [0.717, 1.165) is 50.3 Å². The third kappa shape index (κ3) is 5.85. The van der Waals surface area contributed by atoms with Gasteiger partial charge in [-0.1, -0.05) is 32.1 Å². The number of hydrogen-bond donors (Lipinski definition) is 2. The van der Waals surface area contributed by atoms with Crippen molar-refractivity contribution < 1.29 is 9.53 Å². The molecule has 0 unspecified atom stereocenters. The van der Waals surface area contributed by atoms with Crippen LogP contribution in [0.5, 0.6) is 5.88 Å². The largest absolute Gasteiger partial charge is 0.481 e. The molecule has 2 aromatic rings. The molecular formula is C27H38N6O2. The normalized spacial score (nSPS) is 20.1. The van der Waals surface area contributed by atoms with Gasteiger partial charge >= 0.3 is 0 Å². The first kappa shape index (κ1) is 23.8. The molecule has 8 nitrogen and oxygen atoms in total. The average molecular weight is 479 g/mol. The van der Waals surface area contributed by atoms with Gasteiger partial charge in [0.25, 0.3) is 0 Å². The minimum Gasteiger partial charge on any atom is -0.481 e. The number of likely N-dealkylation sites (tertiary alicyclic amines) is 1. The Labute approximate surface area is 208 Å². The Hall–Kier alpha value is -2.90. The summed E-state index contributed by atoms with van der Waals surface area (Å²) in [6.45, 7) is 1.67. The molecule has 2 aliphatic carbocycles. The van der Waals surface area contributed by atoms with E-state index in [1.54, 1.807) is 13.3 Å². The third-order valence-corrected chi connectivity index (χ3v) is 7.91. The quantitative estimate of drug-likeness (QED) is 0.560. The molecule has 8 heteroatoms. The lowest BCUT2D eigenvalue weighted by Gasteiger charge is -2.34. The van der Waals surface area contributed by atoms with Crippen LogP contribution in [0.4, 0.5) is 17.5 Å². The van der Waals surface area contributed by atoms with Gasteiger partial charge < -0.3 is 20.3 Å². The fourth-order valence-corrected chi connectivity index (χ4v) is 5.88. The van der Waals surface area contributed by atoms with Crippen molar-refractivity contribution in [2.75, 3.05) is 30.8 Å². The standard InChI is InChI=1S/C27H38N6O2/c1-35-24-17-22(11-14-28-24)31-27-29-18-23(25(32-27)30-21-9-3-2-4-10-21)19-12-15-33(16-13-19)26(34)20-7-5-6-8-20/h11,14,17-21H,2-10,12-13,15-16H2,1H3,(H2,28,29,30,31,32). The first-order valence-electron chi connectivity index (χ1n) is 13.4. The van der Waals surface area contributed by atoms with Gasteiger partial charge in [-0.25, -0.2) is 9.97 Å². The van der Waals surface area contributed by atoms with Crippen molar-refractivity contribution in [1.29, 1.82) is 0 Å². The molecule has 1 amide bonds. The SMILES string of the molecule is COc1cc(Nc2ncc(C3CCN(C(=O)C4CCCC4)CC3)c(NC3CCCCC3)n2)ccn1. The lowest BCUT2D eigenvalue weighted by molar-refractivity contribution is -0.136.